The van der Waals surface area contributed by atoms with E-state index in [1.807, 2.05) is 0 Å². The molecule has 0 radical (unpaired) electrons. The van der Waals surface area contributed by atoms with Gasteiger partial charge in [-0.2, -0.15) is 0 Å². The summed E-state index contributed by atoms with van der Waals surface area (Å²) in [5.41, 5.74) is 0.552. The van der Waals surface area contributed by atoms with Crippen LogP contribution in [0.25, 0.3) is 0 Å². The largest absolute Gasteiger partial charge is 0.376 e. The van der Waals surface area contributed by atoms with Gasteiger partial charge in [0.25, 0.3) is 0 Å². The van der Waals surface area contributed by atoms with E-state index in [4.69, 9.17) is 4.74 Å². The monoisotopic (exact) mass is 240 g/mol. The van der Waals surface area contributed by atoms with E-state index in [1.54, 1.807) is 0 Å². The zero-order valence-electron chi connectivity index (χ0n) is 11.7. The van der Waals surface area contributed by atoms with Crippen molar-refractivity contribution in [1.82, 2.24) is 10.2 Å². The van der Waals surface area contributed by atoms with Gasteiger partial charge in [-0.15, -0.1) is 0 Å². The van der Waals surface area contributed by atoms with Crippen LogP contribution in [0.5, 0.6) is 0 Å². The van der Waals surface area contributed by atoms with Crippen LogP contribution < -0.4 is 5.32 Å². The minimum Gasteiger partial charge on any atom is -0.376 e. The van der Waals surface area contributed by atoms with Crippen LogP contribution in [0.3, 0.4) is 0 Å². The number of morpholine rings is 1. The van der Waals surface area contributed by atoms with Gasteiger partial charge >= 0.3 is 0 Å². The van der Waals surface area contributed by atoms with Gasteiger partial charge in [-0.1, -0.05) is 6.92 Å². The lowest BCUT2D eigenvalue weighted by molar-refractivity contribution is -0.0668. The normalized spacial score (nSPS) is 34.8. The van der Waals surface area contributed by atoms with E-state index in [0.29, 0.717) is 17.6 Å². The van der Waals surface area contributed by atoms with Crippen molar-refractivity contribution in [2.45, 2.75) is 52.2 Å². The van der Waals surface area contributed by atoms with E-state index < -0.39 is 0 Å². The molecular weight excluding hydrogens is 212 g/mol. The van der Waals surface area contributed by atoms with Crippen molar-refractivity contribution in [3.63, 3.8) is 0 Å². The Bertz CT molecular complexity index is 238. The molecular formula is C14H28N2O. The van der Waals surface area contributed by atoms with E-state index in [9.17, 15) is 0 Å². The molecule has 0 aromatic heterocycles. The summed E-state index contributed by atoms with van der Waals surface area (Å²) in [5, 5.41) is 3.49. The second-order valence-corrected chi connectivity index (χ2v) is 6.03. The lowest BCUT2D eigenvalue weighted by Crippen LogP contribution is -2.53. The molecule has 0 aliphatic carbocycles. The van der Waals surface area contributed by atoms with Crippen LogP contribution in [0.15, 0.2) is 0 Å². The van der Waals surface area contributed by atoms with Gasteiger partial charge in [0.05, 0.1) is 12.7 Å². The number of nitrogens with one attached hydrogen (secondary N) is 1. The van der Waals surface area contributed by atoms with Crippen molar-refractivity contribution in [3.05, 3.63) is 0 Å². The SMILES string of the molecule is CCC1(CN2CC(C)OCC2C)CCNCC1. The summed E-state index contributed by atoms with van der Waals surface area (Å²) >= 11 is 0. The first-order chi connectivity index (χ1) is 8.15. The van der Waals surface area contributed by atoms with Crippen molar-refractivity contribution < 1.29 is 4.74 Å². The summed E-state index contributed by atoms with van der Waals surface area (Å²) in [4.78, 5) is 2.66. The molecule has 0 aromatic carbocycles. The fourth-order valence-corrected chi connectivity index (χ4v) is 3.20. The zero-order chi connectivity index (χ0) is 12.3. The molecule has 2 rings (SSSR count). The quantitative estimate of drug-likeness (QED) is 0.815. The van der Waals surface area contributed by atoms with Crippen LogP contribution in [0.1, 0.15) is 40.0 Å². The van der Waals surface area contributed by atoms with Crippen LogP contribution in [0.2, 0.25) is 0 Å². The molecule has 3 heteroatoms. The Labute approximate surface area is 106 Å². The third-order valence-corrected chi connectivity index (χ3v) is 4.69. The molecule has 0 spiro atoms. The Morgan fingerprint density at radius 1 is 1.29 bits per heavy atom. The van der Waals surface area contributed by atoms with Crippen LogP contribution in [0.4, 0.5) is 0 Å². The molecule has 2 fully saturated rings. The Morgan fingerprint density at radius 3 is 2.65 bits per heavy atom. The fraction of sp³-hybridized carbons (Fsp3) is 1.00. The first-order valence-corrected chi connectivity index (χ1v) is 7.21. The van der Waals surface area contributed by atoms with Crippen molar-refractivity contribution in [2.75, 3.05) is 32.8 Å². The molecule has 17 heavy (non-hydrogen) atoms. The van der Waals surface area contributed by atoms with Gasteiger partial charge in [0, 0.05) is 19.1 Å². The Kier molecular flexibility index (Phi) is 4.45. The molecule has 2 heterocycles. The number of rotatable bonds is 3. The van der Waals surface area contributed by atoms with Gasteiger partial charge in [0.15, 0.2) is 0 Å². The van der Waals surface area contributed by atoms with Crippen LogP contribution >= 0.6 is 0 Å². The predicted molar refractivity (Wildman–Crippen MR) is 71.3 cm³/mol. The van der Waals surface area contributed by atoms with E-state index >= 15 is 0 Å². The second kappa shape index (κ2) is 5.68. The third-order valence-electron chi connectivity index (χ3n) is 4.69. The molecule has 0 amide bonds. The average Bonchev–Trinajstić information content (AvgIpc) is 2.35. The summed E-state index contributed by atoms with van der Waals surface area (Å²) in [5.74, 6) is 0. The Hall–Kier alpha value is -0.120. The lowest BCUT2D eigenvalue weighted by Gasteiger charge is -2.45. The number of piperidine rings is 1. The van der Waals surface area contributed by atoms with E-state index in [1.165, 1.54) is 38.9 Å². The molecule has 0 bridgehead atoms. The summed E-state index contributed by atoms with van der Waals surface area (Å²) < 4.78 is 5.72. The van der Waals surface area contributed by atoms with Gasteiger partial charge in [0.2, 0.25) is 0 Å². The fourth-order valence-electron chi connectivity index (χ4n) is 3.20. The van der Waals surface area contributed by atoms with E-state index in [2.05, 4.69) is 31.0 Å². The topological polar surface area (TPSA) is 24.5 Å². The highest BCUT2D eigenvalue weighted by Crippen LogP contribution is 2.34. The highest BCUT2D eigenvalue weighted by atomic mass is 16.5. The lowest BCUT2D eigenvalue weighted by atomic mass is 9.76. The van der Waals surface area contributed by atoms with E-state index in [-0.39, 0.29) is 0 Å². The number of hydrogen-bond acceptors (Lipinski definition) is 3. The highest BCUT2D eigenvalue weighted by Gasteiger charge is 2.35. The van der Waals surface area contributed by atoms with Gasteiger partial charge in [-0.25, -0.2) is 0 Å². The Morgan fingerprint density at radius 2 is 2.00 bits per heavy atom. The van der Waals surface area contributed by atoms with Crippen molar-refractivity contribution in [3.8, 4) is 0 Å². The average molecular weight is 240 g/mol. The zero-order valence-corrected chi connectivity index (χ0v) is 11.7. The minimum absolute atomic E-state index is 0.404. The molecule has 0 saturated carbocycles. The van der Waals surface area contributed by atoms with Crippen LogP contribution in [-0.4, -0.2) is 49.8 Å². The number of ether oxygens (including phenoxy) is 1. The summed E-state index contributed by atoms with van der Waals surface area (Å²) in [6.07, 6.45) is 4.39. The smallest absolute Gasteiger partial charge is 0.0674 e. The molecule has 2 aliphatic rings. The first kappa shape index (κ1) is 13.3. The van der Waals surface area contributed by atoms with Crippen LogP contribution in [0, 0.1) is 5.41 Å². The first-order valence-electron chi connectivity index (χ1n) is 7.21. The maximum absolute atomic E-state index is 5.72. The maximum atomic E-state index is 5.72. The molecule has 2 unspecified atom stereocenters. The molecule has 100 valence electrons. The molecule has 0 aromatic rings. The highest BCUT2D eigenvalue weighted by molar-refractivity contribution is 4.89. The summed E-state index contributed by atoms with van der Waals surface area (Å²) in [6, 6.07) is 0.588. The van der Waals surface area contributed by atoms with Gasteiger partial charge in [0.1, 0.15) is 0 Å². The molecule has 2 aliphatic heterocycles. The predicted octanol–water partition coefficient (Wildman–Crippen LogP) is 1.88. The standard InChI is InChI=1S/C14H28N2O/c1-4-14(5-7-15-8-6-14)11-16-9-13(3)17-10-12(16)2/h12-13,15H,4-11H2,1-3H3. The van der Waals surface area contributed by atoms with Gasteiger partial charge < -0.3 is 10.1 Å². The van der Waals surface area contributed by atoms with Crippen molar-refractivity contribution in [2.24, 2.45) is 5.41 Å². The molecule has 2 saturated heterocycles. The van der Waals surface area contributed by atoms with Crippen LogP contribution in [-0.2, 0) is 4.74 Å². The number of nitrogens with zero attached hydrogens (tertiary/aromatic N) is 1. The van der Waals surface area contributed by atoms with E-state index in [0.717, 1.165) is 13.2 Å². The summed E-state index contributed by atoms with van der Waals surface area (Å²) in [6.45, 7) is 12.5. The van der Waals surface area contributed by atoms with Crippen molar-refractivity contribution >= 4 is 0 Å². The number of hydrogen-bond donors (Lipinski definition) is 1. The maximum Gasteiger partial charge on any atom is 0.0674 e. The third kappa shape index (κ3) is 3.21. The van der Waals surface area contributed by atoms with Gasteiger partial charge in [-0.05, 0) is 51.6 Å². The molecule has 3 nitrogen and oxygen atoms in total. The second-order valence-electron chi connectivity index (χ2n) is 6.03. The summed E-state index contributed by atoms with van der Waals surface area (Å²) in [7, 11) is 0. The Balaban J connectivity index is 1.96. The minimum atomic E-state index is 0.404. The van der Waals surface area contributed by atoms with Gasteiger partial charge in [-0.3, -0.25) is 4.90 Å². The van der Waals surface area contributed by atoms with Crippen molar-refractivity contribution in [1.29, 1.82) is 0 Å². The molecule has 1 N–H and O–H groups in total. The molecule has 2 atom stereocenters.